The molecular weight excluding hydrogens is 393 g/mol. The molecule has 7 nitrogen and oxygen atoms in total. The van der Waals surface area contributed by atoms with Crippen LogP contribution in [0.2, 0.25) is 0 Å². The maximum absolute atomic E-state index is 13.3. The minimum atomic E-state index is -0.254. The van der Waals surface area contributed by atoms with E-state index in [1.807, 2.05) is 4.68 Å². The van der Waals surface area contributed by atoms with Gasteiger partial charge in [0.15, 0.2) is 5.16 Å². The average molecular weight is 415 g/mol. The van der Waals surface area contributed by atoms with Gasteiger partial charge in [-0.25, -0.2) is 19.0 Å². The zero-order chi connectivity index (χ0) is 19.8. The summed E-state index contributed by atoms with van der Waals surface area (Å²) in [7, 11) is 0. The molecule has 1 saturated heterocycles. The van der Waals surface area contributed by atoms with E-state index in [0.29, 0.717) is 17.5 Å². The number of nitrogens with zero attached hydrogens (tertiary/aromatic N) is 4. The molecule has 0 bridgehead atoms. The molecule has 2 aromatic heterocycles. The lowest BCUT2D eigenvalue weighted by Crippen LogP contribution is -2.24. The first-order valence-electron chi connectivity index (χ1n) is 9.94. The zero-order valence-corrected chi connectivity index (χ0v) is 16.8. The van der Waals surface area contributed by atoms with Crippen LogP contribution < -0.4 is 5.69 Å². The number of benzene rings is 1. The highest BCUT2D eigenvalue weighted by Gasteiger charge is 2.24. The number of ether oxygens (including phenoxy) is 1. The molecule has 3 aromatic rings. The van der Waals surface area contributed by atoms with Crippen molar-refractivity contribution in [3.8, 4) is 5.69 Å². The van der Waals surface area contributed by atoms with Gasteiger partial charge < -0.3 is 4.74 Å². The minimum absolute atomic E-state index is 0.0755. The number of aromatic nitrogens is 5. The van der Waals surface area contributed by atoms with E-state index in [4.69, 9.17) is 9.84 Å². The quantitative estimate of drug-likeness (QED) is 0.627. The second-order valence-corrected chi connectivity index (χ2v) is 8.40. The number of thioether (sulfide) groups is 1. The molecule has 1 unspecified atom stereocenters. The van der Waals surface area contributed by atoms with Gasteiger partial charge in [-0.05, 0) is 61.9 Å². The molecule has 0 spiro atoms. The van der Waals surface area contributed by atoms with Gasteiger partial charge in [-0.15, -0.1) is 5.10 Å². The molecule has 9 heteroatoms. The van der Waals surface area contributed by atoms with Crippen molar-refractivity contribution < 1.29 is 9.13 Å². The third kappa shape index (κ3) is 3.64. The molecule has 0 saturated carbocycles. The third-order valence-corrected chi connectivity index (χ3v) is 6.54. The molecule has 1 aliphatic carbocycles. The normalized spacial score (nSPS) is 18.4. The fraction of sp³-hybridized carbons (Fsp3) is 0.450. The zero-order valence-electron chi connectivity index (χ0n) is 15.9. The predicted molar refractivity (Wildman–Crippen MR) is 107 cm³/mol. The van der Waals surface area contributed by atoms with Gasteiger partial charge in [0.25, 0.3) is 0 Å². The lowest BCUT2D eigenvalue weighted by molar-refractivity contribution is 0.0941. The van der Waals surface area contributed by atoms with Crippen LogP contribution in [0, 0.1) is 5.82 Å². The van der Waals surface area contributed by atoms with Gasteiger partial charge in [0.2, 0.25) is 0 Å². The van der Waals surface area contributed by atoms with Gasteiger partial charge in [-0.2, -0.15) is 5.10 Å². The minimum Gasteiger partial charge on any atom is -0.376 e. The second kappa shape index (κ2) is 7.79. The molecule has 1 aromatic carbocycles. The summed E-state index contributed by atoms with van der Waals surface area (Å²) in [5.74, 6) is 0.378. The summed E-state index contributed by atoms with van der Waals surface area (Å²) in [6.07, 6.45) is 5.14. The second-order valence-electron chi connectivity index (χ2n) is 7.46. The lowest BCUT2D eigenvalue weighted by Gasteiger charge is -2.10. The van der Waals surface area contributed by atoms with Crippen molar-refractivity contribution in [3.05, 3.63) is 57.5 Å². The maximum Gasteiger partial charge on any atom is 0.344 e. The molecular formula is C20H22FN5O2S. The predicted octanol–water partition coefficient (Wildman–Crippen LogP) is 2.86. The van der Waals surface area contributed by atoms with Crippen LogP contribution in [-0.2, 0) is 29.9 Å². The largest absolute Gasteiger partial charge is 0.376 e. The Balaban J connectivity index is 1.37. The Morgan fingerprint density at radius 2 is 2.10 bits per heavy atom. The number of aromatic amines is 1. The molecule has 1 aliphatic heterocycles. The Bertz CT molecular complexity index is 1070. The van der Waals surface area contributed by atoms with E-state index in [1.54, 1.807) is 16.7 Å². The Labute approximate surface area is 171 Å². The van der Waals surface area contributed by atoms with Gasteiger partial charge in [-0.1, -0.05) is 11.8 Å². The topological polar surface area (TPSA) is 77.7 Å². The standard InChI is InChI=1S/C20H22FN5O2S/c21-13-6-8-14(9-7-13)26-18-5-1-4-16(18)17(24-26)12-29-20-23-22-19(27)25(20)11-15-3-2-10-28-15/h6-9,15H,1-5,10-12H2,(H,22,27). The summed E-state index contributed by atoms with van der Waals surface area (Å²) in [5.41, 5.74) is 4.14. The summed E-state index contributed by atoms with van der Waals surface area (Å²) >= 11 is 1.51. The Morgan fingerprint density at radius 1 is 1.24 bits per heavy atom. The molecule has 1 N–H and O–H groups in total. The smallest absolute Gasteiger partial charge is 0.344 e. The van der Waals surface area contributed by atoms with Crippen molar-refractivity contribution in [1.82, 2.24) is 24.5 Å². The molecule has 29 heavy (non-hydrogen) atoms. The summed E-state index contributed by atoms with van der Waals surface area (Å²) in [5, 5.41) is 12.2. The van der Waals surface area contributed by atoms with Crippen LogP contribution in [0.3, 0.4) is 0 Å². The van der Waals surface area contributed by atoms with Crippen LogP contribution in [0.25, 0.3) is 5.69 Å². The van der Waals surface area contributed by atoms with Crippen LogP contribution in [-0.4, -0.2) is 37.3 Å². The van der Waals surface area contributed by atoms with Gasteiger partial charge in [0, 0.05) is 18.1 Å². The van der Waals surface area contributed by atoms with Crippen LogP contribution >= 0.6 is 11.8 Å². The highest BCUT2D eigenvalue weighted by molar-refractivity contribution is 7.98. The van der Waals surface area contributed by atoms with Crippen molar-refractivity contribution in [2.24, 2.45) is 0 Å². The fourth-order valence-electron chi connectivity index (χ4n) is 4.12. The fourth-order valence-corrected chi connectivity index (χ4v) is 5.05. The Hall–Kier alpha value is -2.39. The van der Waals surface area contributed by atoms with E-state index < -0.39 is 0 Å². The molecule has 1 fully saturated rings. The summed E-state index contributed by atoms with van der Waals surface area (Å²) in [6, 6.07) is 6.43. The van der Waals surface area contributed by atoms with E-state index in [2.05, 4.69) is 10.2 Å². The lowest BCUT2D eigenvalue weighted by atomic mass is 10.2. The van der Waals surface area contributed by atoms with Crippen molar-refractivity contribution >= 4 is 11.8 Å². The SMILES string of the molecule is O=c1[nH]nc(SCc2nn(-c3ccc(F)cc3)c3c2CCC3)n1CC1CCCO1. The monoisotopic (exact) mass is 415 g/mol. The van der Waals surface area contributed by atoms with Crippen LogP contribution in [0.1, 0.15) is 36.2 Å². The first-order valence-corrected chi connectivity index (χ1v) is 10.9. The molecule has 152 valence electrons. The van der Waals surface area contributed by atoms with Crippen LogP contribution in [0.4, 0.5) is 4.39 Å². The number of hydrogen-bond donors (Lipinski definition) is 1. The molecule has 1 atom stereocenters. The van der Waals surface area contributed by atoms with E-state index >= 15 is 0 Å². The average Bonchev–Trinajstić information content (AvgIpc) is 3.49. The number of halogens is 1. The van der Waals surface area contributed by atoms with E-state index in [-0.39, 0.29) is 17.6 Å². The summed E-state index contributed by atoms with van der Waals surface area (Å²) < 4.78 is 22.6. The van der Waals surface area contributed by atoms with Crippen molar-refractivity contribution in [3.63, 3.8) is 0 Å². The molecule has 3 heterocycles. The highest BCUT2D eigenvalue weighted by Crippen LogP contribution is 2.31. The number of fused-ring (bicyclic) bond motifs is 1. The highest BCUT2D eigenvalue weighted by atomic mass is 32.2. The number of rotatable bonds is 6. The summed E-state index contributed by atoms with van der Waals surface area (Å²) in [6.45, 7) is 1.28. The van der Waals surface area contributed by atoms with Gasteiger partial charge >= 0.3 is 5.69 Å². The number of H-pyrrole nitrogens is 1. The van der Waals surface area contributed by atoms with E-state index in [1.165, 1.54) is 35.2 Å². The first kappa shape index (κ1) is 18.6. The molecule has 2 aliphatic rings. The van der Waals surface area contributed by atoms with E-state index in [9.17, 15) is 9.18 Å². The van der Waals surface area contributed by atoms with Gasteiger partial charge in [0.05, 0.1) is 24.0 Å². The van der Waals surface area contributed by atoms with Crippen LogP contribution in [0.5, 0.6) is 0 Å². The van der Waals surface area contributed by atoms with Crippen molar-refractivity contribution in [2.45, 2.75) is 55.7 Å². The van der Waals surface area contributed by atoms with Crippen LogP contribution in [0.15, 0.2) is 34.2 Å². The maximum atomic E-state index is 13.3. The summed E-state index contributed by atoms with van der Waals surface area (Å²) in [4.78, 5) is 12.2. The van der Waals surface area contributed by atoms with E-state index in [0.717, 1.165) is 50.1 Å². The molecule has 0 amide bonds. The third-order valence-electron chi connectivity index (χ3n) is 5.56. The van der Waals surface area contributed by atoms with Crippen molar-refractivity contribution in [1.29, 1.82) is 0 Å². The van der Waals surface area contributed by atoms with Crippen molar-refractivity contribution in [2.75, 3.05) is 6.61 Å². The van der Waals surface area contributed by atoms with Gasteiger partial charge in [-0.3, -0.25) is 4.57 Å². The first-order chi connectivity index (χ1) is 14.2. The Kier molecular flexibility index (Phi) is 5.01. The van der Waals surface area contributed by atoms with Gasteiger partial charge in [0.1, 0.15) is 5.82 Å². The number of nitrogens with one attached hydrogen (secondary N) is 1. The number of hydrogen-bond acceptors (Lipinski definition) is 5. The molecule has 5 rings (SSSR count). The Morgan fingerprint density at radius 3 is 2.90 bits per heavy atom. The molecule has 0 radical (unpaired) electrons.